The Morgan fingerprint density at radius 2 is 1.58 bits per heavy atom. The van der Waals surface area contributed by atoms with Crippen LogP contribution >= 0.6 is 11.6 Å². The van der Waals surface area contributed by atoms with Gasteiger partial charge in [0.2, 0.25) is 0 Å². The first-order chi connectivity index (χ1) is 11.8. The lowest BCUT2D eigenvalue weighted by Crippen LogP contribution is -1.97. The van der Waals surface area contributed by atoms with Crippen molar-refractivity contribution in [3.05, 3.63) is 83.9 Å². The van der Waals surface area contributed by atoms with Gasteiger partial charge in [-0.2, -0.15) is 0 Å². The van der Waals surface area contributed by atoms with Crippen molar-refractivity contribution < 1.29 is 0 Å². The van der Waals surface area contributed by atoms with Crippen LogP contribution in [0.2, 0.25) is 5.02 Å². The Hall–Kier alpha value is -2.84. The molecule has 2 heterocycles. The summed E-state index contributed by atoms with van der Waals surface area (Å²) in [7, 11) is 0. The maximum Gasteiger partial charge on any atom is 0.145 e. The summed E-state index contributed by atoms with van der Waals surface area (Å²) in [4.78, 5) is 4.94. The van der Waals surface area contributed by atoms with Crippen molar-refractivity contribution in [1.82, 2.24) is 9.38 Å². The average Bonchev–Trinajstić information content (AvgIpc) is 3.01. The molecule has 0 aliphatic heterocycles. The zero-order valence-electron chi connectivity index (χ0n) is 12.8. The first-order valence-electron chi connectivity index (χ1n) is 7.86. The minimum Gasteiger partial charge on any atom is -0.293 e. The standard InChI is InChI=1S/C21H13ClN2/c22-16-8-5-7-15(12-16)21-23-18-10-3-2-9-17(18)20-13-14-6-1-4-11-19(14)24(20)21/h1-13H. The normalized spacial score (nSPS) is 11.5. The molecule has 3 heteroatoms. The molecule has 0 radical (unpaired) electrons. The summed E-state index contributed by atoms with van der Waals surface area (Å²) < 4.78 is 2.23. The smallest absolute Gasteiger partial charge is 0.145 e. The van der Waals surface area contributed by atoms with Crippen LogP contribution in [0.1, 0.15) is 0 Å². The van der Waals surface area contributed by atoms with Crippen molar-refractivity contribution >= 4 is 38.9 Å². The third-order valence-corrected chi connectivity index (χ3v) is 4.65. The summed E-state index contributed by atoms with van der Waals surface area (Å²) in [6.07, 6.45) is 0. The van der Waals surface area contributed by atoms with Crippen LogP contribution in [-0.2, 0) is 0 Å². The van der Waals surface area contributed by atoms with Gasteiger partial charge >= 0.3 is 0 Å². The number of aromatic nitrogens is 2. The fourth-order valence-electron chi connectivity index (χ4n) is 3.35. The molecule has 3 aromatic carbocycles. The number of para-hydroxylation sites is 2. The van der Waals surface area contributed by atoms with Crippen LogP contribution in [0.15, 0.2) is 78.9 Å². The number of halogens is 1. The third-order valence-electron chi connectivity index (χ3n) is 4.41. The SMILES string of the molecule is Clc1cccc(-c2nc3ccccc3c3cc4ccccc4n23)c1. The molecule has 0 saturated carbocycles. The zero-order chi connectivity index (χ0) is 16.1. The van der Waals surface area contributed by atoms with E-state index >= 15 is 0 Å². The Morgan fingerprint density at radius 3 is 2.50 bits per heavy atom. The van der Waals surface area contributed by atoms with Crippen LogP contribution in [0.4, 0.5) is 0 Å². The lowest BCUT2D eigenvalue weighted by molar-refractivity contribution is 1.17. The maximum absolute atomic E-state index is 6.22. The third kappa shape index (κ3) is 1.93. The number of hydrogen-bond acceptors (Lipinski definition) is 1. The van der Waals surface area contributed by atoms with E-state index in [1.807, 2.05) is 24.3 Å². The van der Waals surface area contributed by atoms with E-state index in [0.717, 1.165) is 33.3 Å². The van der Waals surface area contributed by atoms with Crippen molar-refractivity contribution in [3.8, 4) is 11.4 Å². The van der Waals surface area contributed by atoms with E-state index in [0.29, 0.717) is 5.02 Å². The molecule has 5 rings (SSSR count). The monoisotopic (exact) mass is 328 g/mol. The molecule has 0 bridgehead atoms. The van der Waals surface area contributed by atoms with E-state index in [2.05, 4.69) is 59.0 Å². The van der Waals surface area contributed by atoms with Gasteiger partial charge in [-0.15, -0.1) is 0 Å². The zero-order valence-corrected chi connectivity index (χ0v) is 13.5. The number of benzene rings is 3. The Balaban J connectivity index is 2.04. The van der Waals surface area contributed by atoms with Crippen LogP contribution in [0, 0.1) is 0 Å². The van der Waals surface area contributed by atoms with Gasteiger partial charge in [-0.25, -0.2) is 4.98 Å². The molecule has 0 unspecified atom stereocenters. The second-order valence-electron chi connectivity index (χ2n) is 5.89. The molecule has 0 fully saturated rings. The van der Waals surface area contributed by atoms with Gasteiger partial charge in [0.1, 0.15) is 5.82 Å². The lowest BCUT2D eigenvalue weighted by Gasteiger charge is -2.10. The van der Waals surface area contributed by atoms with E-state index in [1.54, 1.807) is 0 Å². The van der Waals surface area contributed by atoms with Crippen LogP contribution in [-0.4, -0.2) is 9.38 Å². The fraction of sp³-hybridized carbons (Fsp3) is 0. The summed E-state index contributed by atoms with van der Waals surface area (Å²) in [5.41, 5.74) is 4.32. The molecule has 0 aliphatic rings. The van der Waals surface area contributed by atoms with Gasteiger partial charge < -0.3 is 0 Å². The molecule has 0 spiro atoms. The van der Waals surface area contributed by atoms with E-state index in [4.69, 9.17) is 16.6 Å². The second-order valence-corrected chi connectivity index (χ2v) is 6.32. The fourth-order valence-corrected chi connectivity index (χ4v) is 3.54. The molecule has 2 aromatic heterocycles. The largest absolute Gasteiger partial charge is 0.293 e. The van der Waals surface area contributed by atoms with Crippen molar-refractivity contribution in [1.29, 1.82) is 0 Å². The molecule has 2 nitrogen and oxygen atoms in total. The number of rotatable bonds is 1. The summed E-state index contributed by atoms with van der Waals surface area (Å²) in [5.74, 6) is 0.910. The minimum atomic E-state index is 0.715. The van der Waals surface area contributed by atoms with Crippen LogP contribution in [0.5, 0.6) is 0 Å². The van der Waals surface area contributed by atoms with E-state index in [1.165, 1.54) is 5.39 Å². The summed E-state index contributed by atoms with van der Waals surface area (Å²) in [6, 6.07) is 26.8. The maximum atomic E-state index is 6.22. The summed E-state index contributed by atoms with van der Waals surface area (Å²) >= 11 is 6.22. The van der Waals surface area contributed by atoms with Crippen LogP contribution in [0.25, 0.3) is 38.7 Å². The van der Waals surface area contributed by atoms with Gasteiger partial charge in [0.25, 0.3) is 0 Å². The molecule has 0 aliphatic carbocycles. The van der Waals surface area contributed by atoms with Gasteiger partial charge in [-0.3, -0.25) is 4.40 Å². The topological polar surface area (TPSA) is 17.3 Å². The first-order valence-corrected chi connectivity index (χ1v) is 8.24. The molecule has 0 atom stereocenters. The quantitative estimate of drug-likeness (QED) is 0.371. The number of nitrogens with zero attached hydrogens (tertiary/aromatic N) is 2. The van der Waals surface area contributed by atoms with Crippen LogP contribution in [0.3, 0.4) is 0 Å². The van der Waals surface area contributed by atoms with Crippen molar-refractivity contribution in [2.45, 2.75) is 0 Å². The van der Waals surface area contributed by atoms with Crippen molar-refractivity contribution in [3.63, 3.8) is 0 Å². The van der Waals surface area contributed by atoms with Gasteiger partial charge in [-0.05, 0) is 30.3 Å². The summed E-state index contributed by atoms with van der Waals surface area (Å²) in [6.45, 7) is 0. The molecular weight excluding hydrogens is 316 g/mol. The molecule has 114 valence electrons. The highest BCUT2D eigenvalue weighted by Crippen LogP contribution is 2.32. The minimum absolute atomic E-state index is 0.715. The lowest BCUT2D eigenvalue weighted by atomic mass is 10.1. The van der Waals surface area contributed by atoms with Gasteiger partial charge in [-0.1, -0.05) is 60.1 Å². The van der Waals surface area contributed by atoms with Gasteiger partial charge in [0.05, 0.1) is 16.6 Å². The number of hydrogen-bond donors (Lipinski definition) is 0. The van der Waals surface area contributed by atoms with Crippen LogP contribution < -0.4 is 0 Å². The van der Waals surface area contributed by atoms with Gasteiger partial charge in [0.15, 0.2) is 0 Å². The van der Waals surface area contributed by atoms with Gasteiger partial charge in [0, 0.05) is 21.4 Å². The Bertz CT molecular complexity index is 1220. The van der Waals surface area contributed by atoms with Crippen molar-refractivity contribution in [2.24, 2.45) is 0 Å². The molecule has 24 heavy (non-hydrogen) atoms. The Labute approximate surface area is 143 Å². The van der Waals surface area contributed by atoms with E-state index in [9.17, 15) is 0 Å². The highest BCUT2D eigenvalue weighted by Gasteiger charge is 2.13. The predicted molar refractivity (Wildman–Crippen MR) is 101 cm³/mol. The average molecular weight is 329 g/mol. The first kappa shape index (κ1) is 13.6. The molecule has 5 aromatic rings. The molecular formula is C21H13ClN2. The van der Waals surface area contributed by atoms with E-state index < -0.39 is 0 Å². The summed E-state index contributed by atoms with van der Waals surface area (Å²) in [5, 5.41) is 3.07. The Morgan fingerprint density at radius 1 is 0.750 bits per heavy atom. The Kier molecular flexibility index (Phi) is 2.88. The molecule has 0 saturated heterocycles. The predicted octanol–water partition coefficient (Wildman–Crippen LogP) is 5.96. The van der Waals surface area contributed by atoms with E-state index in [-0.39, 0.29) is 0 Å². The second kappa shape index (κ2) is 5.08. The molecule has 0 N–H and O–H groups in total. The highest BCUT2D eigenvalue weighted by molar-refractivity contribution is 6.30. The van der Waals surface area contributed by atoms with Crippen molar-refractivity contribution in [2.75, 3.05) is 0 Å². The molecule has 0 amide bonds. The highest BCUT2D eigenvalue weighted by atomic mass is 35.5. The number of fused-ring (bicyclic) bond motifs is 5.